The van der Waals surface area contributed by atoms with E-state index in [2.05, 4.69) is 64.7 Å². The summed E-state index contributed by atoms with van der Waals surface area (Å²) in [6.45, 7) is 17.3. The summed E-state index contributed by atoms with van der Waals surface area (Å²) in [5, 5.41) is 9.51. The molecular weight excluding hydrogens is 564 g/mol. The van der Waals surface area contributed by atoms with Gasteiger partial charge in [0, 0.05) is 93.7 Å². The minimum Gasteiger partial charge on any atom is -0.381 e. The normalized spacial score (nSPS) is 15.4. The number of likely N-dealkylation sites (N-methyl/N-ethyl adjacent to an activating group) is 1. The molecule has 4 rings (SSSR count). The summed E-state index contributed by atoms with van der Waals surface area (Å²) in [7, 11) is 0. The minimum absolute atomic E-state index is 0.0896. The quantitative estimate of drug-likeness (QED) is 0.249. The first-order valence-electron chi connectivity index (χ1n) is 17.1. The second-order valence-corrected chi connectivity index (χ2v) is 12.1. The fourth-order valence-corrected chi connectivity index (χ4v) is 6.59. The van der Waals surface area contributed by atoms with Crippen LogP contribution in [0.2, 0.25) is 0 Å². The van der Waals surface area contributed by atoms with Crippen molar-refractivity contribution >= 4 is 23.3 Å². The van der Waals surface area contributed by atoms with E-state index in [0.717, 1.165) is 118 Å². The molecule has 0 unspecified atom stereocenters. The third-order valence-corrected chi connectivity index (χ3v) is 9.00. The van der Waals surface area contributed by atoms with Crippen molar-refractivity contribution in [2.75, 3.05) is 68.8 Å². The molecule has 2 fully saturated rings. The van der Waals surface area contributed by atoms with Gasteiger partial charge in [-0.1, -0.05) is 32.3 Å². The molecule has 2 aliphatic heterocycles. The molecule has 0 saturated carbocycles. The van der Waals surface area contributed by atoms with Crippen molar-refractivity contribution in [1.82, 2.24) is 20.9 Å². The second-order valence-electron chi connectivity index (χ2n) is 12.1. The topological polar surface area (TPSA) is 98.8 Å². The molecule has 2 aliphatic rings. The maximum absolute atomic E-state index is 14.0. The van der Waals surface area contributed by atoms with Crippen LogP contribution in [0.1, 0.15) is 82.1 Å². The van der Waals surface area contributed by atoms with Gasteiger partial charge in [0.25, 0.3) is 5.91 Å². The summed E-state index contributed by atoms with van der Waals surface area (Å²) in [6.07, 6.45) is 7.45. The first kappa shape index (κ1) is 34.4. The molecule has 246 valence electrons. The lowest BCUT2D eigenvalue weighted by Crippen LogP contribution is -2.43. The first-order valence-corrected chi connectivity index (χ1v) is 17.1. The lowest BCUT2D eigenvalue weighted by molar-refractivity contribution is -0.117. The van der Waals surface area contributed by atoms with E-state index in [-0.39, 0.29) is 18.4 Å². The molecule has 0 spiro atoms. The fraction of sp³-hybridized carbons (Fsp3) is 0.583. The fourth-order valence-electron chi connectivity index (χ4n) is 6.59. The zero-order chi connectivity index (χ0) is 32.2. The summed E-state index contributed by atoms with van der Waals surface area (Å²) in [4.78, 5) is 36.7. The average Bonchev–Trinajstić information content (AvgIpc) is 3.07. The van der Waals surface area contributed by atoms with Gasteiger partial charge in [0.2, 0.25) is 5.91 Å². The van der Waals surface area contributed by atoms with Gasteiger partial charge in [-0.05, 0) is 81.8 Å². The van der Waals surface area contributed by atoms with Crippen molar-refractivity contribution in [3.05, 3.63) is 52.7 Å². The number of ether oxygens (including phenoxy) is 1. The number of amides is 2. The van der Waals surface area contributed by atoms with Crippen LogP contribution in [-0.4, -0.2) is 81.9 Å². The summed E-state index contributed by atoms with van der Waals surface area (Å²) in [6, 6.07) is 8.75. The van der Waals surface area contributed by atoms with Gasteiger partial charge < -0.3 is 30.5 Å². The molecule has 0 radical (unpaired) electrons. The Balaban J connectivity index is 1.71. The molecule has 1 aromatic carbocycles. The molecular formula is C36H54N6O3. The predicted molar refractivity (Wildman–Crippen MR) is 184 cm³/mol. The predicted octanol–water partition coefficient (Wildman–Crippen LogP) is 5.23. The number of carbonyl (C=O) groups excluding carboxylic acids is 2. The zero-order valence-corrected chi connectivity index (χ0v) is 28.1. The molecule has 1 aromatic heterocycles. The lowest BCUT2D eigenvalue weighted by atomic mass is 9.95. The highest BCUT2D eigenvalue weighted by molar-refractivity contribution is 6.00. The second kappa shape index (κ2) is 17.3. The van der Waals surface area contributed by atoms with Crippen molar-refractivity contribution in [1.29, 1.82) is 0 Å². The van der Waals surface area contributed by atoms with Gasteiger partial charge in [-0.2, -0.15) is 0 Å². The maximum Gasteiger partial charge on any atom is 0.251 e. The van der Waals surface area contributed by atoms with E-state index in [1.54, 1.807) is 0 Å². The number of carbonyl (C=O) groups is 2. The number of nitrogens with one attached hydrogen (secondary N) is 3. The first-order chi connectivity index (χ1) is 21.9. The third-order valence-electron chi connectivity index (χ3n) is 9.00. The highest BCUT2D eigenvalue weighted by Gasteiger charge is 2.25. The number of nitrogens with zero attached hydrogens (tertiary/aromatic N) is 3. The molecule has 3 heterocycles. The Kier molecular flexibility index (Phi) is 13.3. The molecule has 3 N–H and O–H groups in total. The lowest BCUT2D eigenvalue weighted by Gasteiger charge is -2.37. The van der Waals surface area contributed by atoms with Crippen LogP contribution in [0.4, 0.5) is 11.5 Å². The summed E-state index contributed by atoms with van der Waals surface area (Å²) >= 11 is 0. The Morgan fingerprint density at radius 3 is 2.31 bits per heavy atom. The molecule has 2 aromatic rings. The zero-order valence-electron chi connectivity index (χ0n) is 28.1. The molecule has 2 saturated heterocycles. The summed E-state index contributed by atoms with van der Waals surface area (Å²) < 4.78 is 5.68. The van der Waals surface area contributed by atoms with Gasteiger partial charge >= 0.3 is 0 Å². The molecule has 0 bridgehead atoms. The summed E-state index contributed by atoms with van der Waals surface area (Å²) in [5.41, 5.74) is 6.39. The number of aromatic nitrogens is 1. The van der Waals surface area contributed by atoms with E-state index < -0.39 is 0 Å². The van der Waals surface area contributed by atoms with E-state index in [9.17, 15) is 9.59 Å². The number of hydrogen-bond donors (Lipinski definition) is 3. The number of pyridine rings is 1. The molecule has 45 heavy (non-hydrogen) atoms. The number of allylic oxidation sites excluding steroid dienone is 1. The average molecular weight is 619 g/mol. The van der Waals surface area contributed by atoms with E-state index in [1.807, 2.05) is 26.1 Å². The van der Waals surface area contributed by atoms with Crippen LogP contribution < -0.4 is 25.8 Å². The largest absolute Gasteiger partial charge is 0.381 e. The van der Waals surface area contributed by atoms with Gasteiger partial charge in [-0.15, -0.1) is 0 Å². The van der Waals surface area contributed by atoms with Crippen LogP contribution in [0.15, 0.2) is 41.6 Å². The van der Waals surface area contributed by atoms with Gasteiger partial charge in [-0.3, -0.25) is 9.59 Å². The minimum atomic E-state index is -0.168. The molecule has 2 amide bonds. The molecule has 0 atom stereocenters. The third kappa shape index (κ3) is 8.85. The van der Waals surface area contributed by atoms with Crippen LogP contribution in [0.5, 0.6) is 0 Å². The number of piperazine rings is 1. The van der Waals surface area contributed by atoms with Crippen molar-refractivity contribution in [3.8, 4) is 11.1 Å². The SMILES string of the molecule is CCCC(CCC)=C(CNC(=O)c1cc(-c2ccc(N3CCNCC3)nc2)cc(N(CC)C2CCOCC2)c1C)C(=O)NCC. The summed E-state index contributed by atoms with van der Waals surface area (Å²) in [5.74, 6) is 0.717. The Hall–Kier alpha value is -3.43. The Morgan fingerprint density at radius 1 is 1.00 bits per heavy atom. The standard InChI is InChI=1S/C36H54N6O3/c1-6-10-27(11-7-2)32(36(44)38-8-3)25-40-35(43)31-22-29(28-12-13-34(39-24-28)41-18-16-37-17-19-41)23-33(26(31)5)42(9-4)30-14-20-45-21-15-30/h12-13,22-24,30,37H,6-11,14-21,25H2,1-5H3,(H,38,44)(H,40,43). The van der Waals surface area contributed by atoms with Crippen molar-refractivity contribution in [3.63, 3.8) is 0 Å². The van der Waals surface area contributed by atoms with Gasteiger partial charge in [0.1, 0.15) is 5.82 Å². The number of benzene rings is 1. The van der Waals surface area contributed by atoms with Crippen molar-refractivity contribution in [2.24, 2.45) is 0 Å². The van der Waals surface area contributed by atoms with Crippen LogP contribution in [0.25, 0.3) is 11.1 Å². The van der Waals surface area contributed by atoms with E-state index in [0.29, 0.717) is 23.7 Å². The molecule has 0 aliphatic carbocycles. The smallest absolute Gasteiger partial charge is 0.251 e. The number of anilines is 2. The highest BCUT2D eigenvalue weighted by atomic mass is 16.5. The Morgan fingerprint density at radius 2 is 1.71 bits per heavy atom. The van der Waals surface area contributed by atoms with Crippen LogP contribution in [-0.2, 0) is 9.53 Å². The van der Waals surface area contributed by atoms with Crippen LogP contribution in [0, 0.1) is 6.92 Å². The van der Waals surface area contributed by atoms with E-state index in [4.69, 9.17) is 9.72 Å². The number of rotatable bonds is 14. The van der Waals surface area contributed by atoms with Crippen molar-refractivity contribution < 1.29 is 14.3 Å². The van der Waals surface area contributed by atoms with Crippen LogP contribution >= 0.6 is 0 Å². The van der Waals surface area contributed by atoms with Gasteiger partial charge in [0.15, 0.2) is 0 Å². The van der Waals surface area contributed by atoms with Gasteiger partial charge in [0.05, 0.1) is 0 Å². The Labute approximate surface area is 270 Å². The Bertz CT molecular complexity index is 1290. The van der Waals surface area contributed by atoms with Gasteiger partial charge in [-0.25, -0.2) is 4.98 Å². The van der Waals surface area contributed by atoms with E-state index >= 15 is 0 Å². The molecule has 9 heteroatoms. The maximum atomic E-state index is 14.0. The van der Waals surface area contributed by atoms with Crippen LogP contribution in [0.3, 0.4) is 0 Å². The molecule has 9 nitrogen and oxygen atoms in total. The van der Waals surface area contributed by atoms with Crippen molar-refractivity contribution in [2.45, 2.75) is 79.2 Å². The van der Waals surface area contributed by atoms with E-state index in [1.165, 1.54) is 0 Å². The number of hydrogen-bond acceptors (Lipinski definition) is 7. The monoisotopic (exact) mass is 618 g/mol. The highest BCUT2D eigenvalue weighted by Crippen LogP contribution is 2.34.